The fourth-order valence-electron chi connectivity index (χ4n) is 5.32. The van der Waals surface area contributed by atoms with Crippen LogP contribution in [0.25, 0.3) is 23.1 Å². The van der Waals surface area contributed by atoms with Crippen LogP contribution in [0.2, 0.25) is 0 Å². The number of alkyl carbamates (subject to hydrolysis) is 1. The number of aromatic nitrogens is 2. The van der Waals surface area contributed by atoms with Gasteiger partial charge in [-0.3, -0.25) is 9.89 Å². The molecule has 1 fully saturated rings. The van der Waals surface area contributed by atoms with Gasteiger partial charge in [0.25, 0.3) is 5.91 Å². The van der Waals surface area contributed by atoms with E-state index in [1.54, 1.807) is 7.11 Å². The summed E-state index contributed by atoms with van der Waals surface area (Å²) >= 11 is 1.40. The van der Waals surface area contributed by atoms with E-state index in [1.165, 1.54) is 11.3 Å². The molecule has 1 aliphatic rings. The minimum absolute atomic E-state index is 0.0686. The number of hydrogen-bond donors (Lipinski definition) is 3. The van der Waals surface area contributed by atoms with Crippen molar-refractivity contribution in [1.82, 2.24) is 20.4 Å². The molecule has 2 amide bonds. The Bertz CT molecular complexity index is 1670. The first-order chi connectivity index (χ1) is 21.6. The van der Waals surface area contributed by atoms with Gasteiger partial charge < -0.3 is 29.7 Å². The number of hydrogen-bond acceptors (Lipinski definition) is 8. The third-order valence-electron chi connectivity index (χ3n) is 7.45. The number of para-hydroxylation sites is 1. The van der Waals surface area contributed by atoms with E-state index < -0.39 is 5.60 Å². The highest BCUT2D eigenvalue weighted by molar-refractivity contribution is 7.12. The molecule has 1 saturated heterocycles. The van der Waals surface area contributed by atoms with Gasteiger partial charge in [0.15, 0.2) is 11.5 Å². The second-order valence-electron chi connectivity index (χ2n) is 12.1. The zero-order valence-corrected chi connectivity index (χ0v) is 27.3. The van der Waals surface area contributed by atoms with Crippen molar-refractivity contribution in [3.05, 3.63) is 69.5 Å². The zero-order chi connectivity index (χ0) is 32.0. The number of carbonyl (C=O) groups is 2. The van der Waals surface area contributed by atoms with Crippen LogP contribution < -0.4 is 20.1 Å². The zero-order valence-electron chi connectivity index (χ0n) is 26.4. The predicted molar refractivity (Wildman–Crippen MR) is 179 cm³/mol. The first kappa shape index (κ1) is 32.1. The number of amides is 2. The first-order valence-electron chi connectivity index (χ1n) is 15.1. The molecule has 5 rings (SSSR count). The Balaban J connectivity index is 1.26. The lowest BCUT2D eigenvalue weighted by atomic mass is 10.1. The molecule has 0 bridgehead atoms. The molecule has 0 spiro atoms. The summed E-state index contributed by atoms with van der Waals surface area (Å²) in [6, 6.07) is 13.7. The number of benzene rings is 2. The van der Waals surface area contributed by atoms with Crippen molar-refractivity contribution in [2.45, 2.75) is 52.2 Å². The Morgan fingerprint density at radius 3 is 2.73 bits per heavy atom. The maximum Gasteiger partial charge on any atom is 0.407 e. The number of likely N-dealkylation sites (tertiary alicyclic amines) is 1. The number of carbonyl (C=O) groups excluding carboxylic acids is 2. The number of aryl methyl sites for hydroxylation is 1. The van der Waals surface area contributed by atoms with Crippen molar-refractivity contribution in [3.8, 4) is 11.5 Å². The van der Waals surface area contributed by atoms with Crippen molar-refractivity contribution in [2.75, 3.05) is 38.7 Å². The van der Waals surface area contributed by atoms with Gasteiger partial charge in [0.05, 0.1) is 35.5 Å². The second kappa shape index (κ2) is 14.2. The van der Waals surface area contributed by atoms with Gasteiger partial charge in [-0.25, -0.2) is 4.79 Å². The molecule has 0 unspecified atom stereocenters. The van der Waals surface area contributed by atoms with Gasteiger partial charge in [-0.1, -0.05) is 24.3 Å². The molecule has 0 radical (unpaired) electrons. The number of nitrogens with zero attached hydrogens (tertiary/aromatic N) is 2. The lowest BCUT2D eigenvalue weighted by molar-refractivity contribution is 0.0505. The maximum atomic E-state index is 13.3. The van der Waals surface area contributed by atoms with E-state index in [-0.39, 0.29) is 18.0 Å². The van der Waals surface area contributed by atoms with Crippen LogP contribution in [0.15, 0.2) is 47.8 Å². The Morgan fingerprint density at radius 2 is 1.98 bits per heavy atom. The molecule has 2 aromatic carbocycles. The van der Waals surface area contributed by atoms with Crippen LogP contribution in [0.5, 0.6) is 11.5 Å². The summed E-state index contributed by atoms with van der Waals surface area (Å²) in [5.41, 5.74) is 3.42. The third kappa shape index (κ3) is 8.23. The predicted octanol–water partition coefficient (Wildman–Crippen LogP) is 6.73. The number of fused-ring (bicyclic) bond motifs is 1. The summed E-state index contributed by atoms with van der Waals surface area (Å²) in [6.45, 7) is 10.5. The van der Waals surface area contributed by atoms with E-state index in [4.69, 9.17) is 14.2 Å². The minimum Gasteiger partial charge on any atom is -0.491 e. The van der Waals surface area contributed by atoms with Crippen molar-refractivity contribution in [2.24, 2.45) is 0 Å². The molecular formula is C34H41N5O5S. The smallest absolute Gasteiger partial charge is 0.407 e. The molecule has 4 aromatic rings. The monoisotopic (exact) mass is 631 g/mol. The van der Waals surface area contributed by atoms with Crippen LogP contribution in [0, 0.1) is 6.92 Å². The van der Waals surface area contributed by atoms with Crippen LogP contribution in [0.1, 0.15) is 60.1 Å². The molecule has 3 N–H and O–H groups in total. The molecule has 1 aliphatic heterocycles. The summed E-state index contributed by atoms with van der Waals surface area (Å²) in [7, 11) is 1.57. The molecular weight excluding hydrogens is 590 g/mol. The van der Waals surface area contributed by atoms with Crippen LogP contribution in [0.4, 0.5) is 10.5 Å². The molecule has 2 aromatic heterocycles. The highest BCUT2D eigenvalue weighted by Gasteiger charge is 2.26. The van der Waals surface area contributed by atoms with E-state index in [2.05, 4.69) is 25.7 Å². The SMILES string of the molecule is COc1c(OCCCN2CC[C@@H](NC(=O)OC(C)(C)C)C2)ccc(C=Cc2n[nH]c3ccccc23)c1NC(=O)c1sccc1C. The van der Waals surface area contributed by atoms with Gasteiger partial charge in [0, 0.05) is 36.6 Å². The number of nitrogens with one attached hydrogen (secondary N) is 3. The van der Waals surface area contributed by atoms with Crippen LogP contribution in [0.3, 0.4) is 0 Å². The average Bonchev–Trinajstić information content (AvgIpc) is 3.74. The molecule has 1 atom stereocenters. The maximum absolute atomic E-state index is 13.3. The average molecular weight is 632 g/mol. The Labute approximate surface area is 267 Å². The second-order valence-corrected chi connectivity index (χ2v) is 13.0. The van der Waals surface area contributed by atoms with Crippen LogP contribution in [-0.4, -0.2) is 72.1 Å². The molecule has 3 heterocycles. The molecule has 238 valence electrons. The lowest BCUT2D eigenvalue weighted by Gasteiger charge is -2.22. The van der Waals surface area contributed by atoms with Gasteiger partial charge in [-0.2, -0.15) is 5.10 Å². The van der Waals surface area contributed by atoms with Gasteiger partial charge >= 0.3 is 6.09 Å². The van der Waals surface area contributed by atoms with E-state index in [9.17, 15) is 9.59 Å². The molecule has 0 aliphatic carbocycles. The van der Waals surface area contributed by atoms with Gasteiger partial charge in [-0.15, -0.1) is 11.3 Å². The summed E-state index contributed by atoms with van der Waals surface area (Å²) in [6.07, 6.45) is 5.12. The lowest BCUT2D eigenvalue weighted by Crippen LogP contribution is -2.40. The van der Waals surface area contributed by atoms with E-state index in [1.807, 2.05) is 87.7 Å². The van der Waals surface area contributed by atoms with Gasteiger partial charge in [0.2, 0.25) is 0 Å². The summed E-state index contributed by atoms with van der Waals surface area (Å²) in [5.74, 6) is 0.791. The number of methoxy groups -OCH3 is 1. The Morgan fingerprint density at radius 1 is 1.16 bits per heavy atom. The van der Waals surface area contributed by atoms with E-state index in [0.29, 0.717) is 28.7 Å². The fourth-order valence-corrected chi connectivity index (χ4v) is 6.14. The molecule has 11 heteroatoms. The van der Waals surface area contributed by atoms with Crippen molar-refractivity contribution >= 4 is 52.1 Å². The highest BCUT2D eigenvalue weighted by Crippen LogP contribution is 2.40. The number of H-pyrrole nitrogens is 1. The number of rotatable bonds is 11. The van der Waals surface area contributed by atoms with Gasteiger partial charge in [0.1, 0.15) is 5.60 Å². The summed E-state index contributed by atoms with van der Waals surface area (Å²) in [5, 5.41) is 16.5. The quantitative estimate of drug-likeness (QED) is 0.157. The molecule has 45 heavy (non-hydrogen) atoms. The Kier molecular flexibility index (Phi) is 10.1. The third-order valence-corrected chi connectivity index (χ3v) is 8.47. The molecule has 10 nitrogen and oxygen atoms in total. The number of anilines is 1. The first-order valence-corrected chi connectivity index (χ1v) is 16.0. The van der Waals surface area contributed by atoms with Crippen molar-refractivity contribution in [1.29, 1.82) is 0 Å². The van der Waals surface area contributed by atoms with Crippen molar-refractivity contribution < 1.29 is 23.8 Å². The minimum atomic E-state index is -0.519. The standard InChI is InChI=1S/C34H41N5O5S/c1-22-16-20-45-31(22)32(40)36-29-23(11-13-27-25-9-6-7-10-26(25)37-38-27)12-14-28(30(29)42-5)43-19-8-17-39-18-15-24(21-39)35-33(41)44-34(2,3)4/h6-7,9-14,16,20,24H,8,15,17-19,21H2,1-5H3,(H,35,41)(H,36,40)(H,37,38)/t24-/m1/s1. The van der Waals surface area contributed by atoms with E-state index >= 15 is 0 Å². The van der Waals surface area contributed by atoms with Crippen LogP contribution >= 0.6 is 11.3 Å². The highest BCUT2D eigenvalue weighted by atomic mass is 32.1. The fraction of sp³-hybridized carbons (Fsp3) is 0.382. The van der Waals surface area contributed by atoms with Gasteiger partial charge in [-0.05, 0) is 81.8 Å². The number of aromatic amines is 1. The van der Waals surface area contributed by atoms with Crippen LogP contribution in [-0.2, 0) is 4.74 Å². The summed E-state index contributed by atoms with van der Waals surface area (Å²) < 4.78 is 17.4. The van der Waals surface area contributed by atoms with Crippen molar-refractivity contribution in [3.63, 3.8) is 0 Å². The normalized spacial score (nSPS) is 15.4. The topological polar surface area (TPSA) is 118 Å². The number of ether oxygens (including phenoxy) is 3. The molecule has 0 saturated carbocycles. The Hall–Kier alpha value is -4.35. The van der Waals surface area contributed by atoms with E-state index in [0.717, 1.165) is 60.2 Å². The summed E-state index contributed by atoms with van der Waals surface area (Å²) in [4.78, 5) is 28.4. The number of thiophene rings is 1. The largest absolute Gasteiger partial charge is 0.491 e.